The third-order valence-electron chi connectivity index (χ3n) is 6.94. The van der Waals surface area contributed by atoms with Crippen LogP contribution >= 0.6 is 0 Å². The molecule has 0 unspecified atom stereocenters. The topological polar surface area (TPSA) is 73.0 Å². The summed E-state index contributed by atoms with van der Waals surface area (Å²) in [6, 6.07) is 24.3. The van der Waals surface area contributed by atoms with E-state index < -0.39 is 5.54 Å². The second-order valence-electron chi connectivity index (χ2n) is 9.15. The number of hydrogen-bond acceptors (Lipinski definition) is 4. The predicted octanol–water partition coefficient (Wildman–Crippen LogP) is 3.75. The number of carbonyl (C=O) groups excluding carboxylic acids is 3. The highest BCUT2D eigenvalue weighted by molar-refractivity contribution is 6.00. The van der Waals surface area contributed by atoms with Crippen LogP contribution in [0.4, 0.5) is 15.8 Å². The molecule has 0 aromatic heterocycles. The first-order valence-corrected chi connectivity index (χ1v) is 12.0. The third-order valence-corrected chi connectivity index (χ3v) is 6.94. The normalized spacial score (nSPS) is 16.9. The molecule has 36 heavy (non-hydrogen) atoms. The van der Waals surface area contributed by atoms with E-state index in [1.54, 1.807) is 21.9 Å². The summed E-state index contributed by atoms with van der Waals surface area (Å²) in [6.07, 6.45) is 0.935. The third kappa shape index (κ3) is 4.54. The van der Waals surface area contributed by atoms with Crippen molar-refractivity contribution >= 4 is 29.1 Å². The van der Waals surface area contributed by atoms with Gasteiger partial charge in [-0.15, -0.1) is 0 Å². The maximum Gasteiger partial charge on any atom is 0.253 e. The summed E-state index contributed by atoms with van der Waals surface area (Å²) in [5.41, 5.74) is 1.17. The molecule has 2 heterocycles. The van der Waals surface area contributed by atoms with Crippen molar-refractivity contribution in [1.29, 1.82) is 0 Å². The highest BCUT2D eigenvalue weighted by Crippen LogP contribution is 2.39. The molecule has 3 amide bonds. The molecule has 2 fully saturated rings. The van der Waals surface area contributed by atoms with E-state index in [0.717, 1.165) is 5.69 Å². The smallest absolute Gasteiger partial charge is 0.253 e. The van der Waals surface area contributed by atoms with Gasteiger partial charge >= 0.3 is 0 Å². The number of amides is 3. The highest BCUT2D eigenvalue weighted by Gasteiger charge is 2.54. The number of nitrogens with zero attached hydrogens (tertiary/aromatic N) is 3. The van der Waals surface area contributed by atoms with E-state index in [9.17, 15) is 18.8 Å². The van der Waals surface area contributed by atoms with E-state index >= 15 is 0 Å². The number of likely N-dealkylation sites (tertiary alicyclic amines) is 1. The molecule has 3 aromatic rings. The maximum atomic E-state index is 13.8. The maximum absolute atomic E-state index is 13.8. The lowest BCUT2D eigenvalue weighted by Gasteiger charge is -2.43. The number of rotatable bonds is 5. The zero-order valence-corrected chi connectivity index (χ0v) is 19.8. The molecule has 2 saturated heterocycles. The number of halogens is 1. The Kier molecular flexibility index (Phi) is 6.41. The van der Waals surface area contributed by atoms with Crippen LogP contribution in [0.25, 0.3) is 0 Å². The first-order chi connectivity index (χ1) is 17.5. The average Bonchev–Trinajstić information content (AvgIpc) is 3.17. The van der Waals surface area contributed by atoms with E-state index in [1.807, 2.05) is 48.5 Å². The summed E-state index contributed by atoms with van der Waals surface area (Å²) in [6.45, 7) is 1.04. The fourth-order valence-corrected chi connectivity index (χ4v) is 5.07. The van der Waals surface area contributed by atoms with Gasteiger partial charge in [-0.3, -0.25) is 14.4 Å². The van der Waals surface area contributed by atoms with Crippen molar-refractivity contribution in [3.63, 3.8) is 0 Å². The van der Waals surface area contributed by atoms with Crippen molar-refractivity contribution in [2.45, 2.75) is 18.4 Å². The minimum Gasteiger partial charge on any atom is -0.339 e. The minimum atomic E-state index is -0.828. The Balaban J connectivity index is 1.33. The lowest BCUT2D eigenvalue weighted by molar-refractivity contribution is -0.136. The van der Waals surface area contributed by atoms with Gasteiger partial charge in [-0.1, -0.05) is 36.4 Å². The second-order valence-corrected chi connectivity index (χ2v) is 9.15. The number of nitrogens with one attached hydrogen (secondary N) is 1. The molecule has 0 radical (unpaired) electrons. The van der Waals surface area contributed by atoms with E-state index in [2.05, 4.69) is 10.2 Å². The predicted molar refractivity (Wildman–Crippen MR) is 135 cm³/mol. The number of benzene rings is 3. The summed E-state index contributed by atoms with van der Waals surface area (Å²) < 4.78 is 13.2. The summed E-state index contributed by atoms with van der Waals surface area (Å²) in [5.74, 6) is -0.901. The first kappa shape index (κ1) is 23.5. The van der Waals surface area contributed by atoms with Crippen LogP contribution in [0.5, 0.6) is 0 Å². The van der Waals surface area contributed by atoms with Crippen molar-refractivity contribution in [2.24, 2.45) is 0 Å². The van der Waals surface area contributed by atoms with Gasteiger partial charge in [0.05, 0.1) is 6.67 Å². The van der Waals surface area contributed by atoms with Crippen LogP contribution in [0, 0.1) is 5.82 Å². The quantitative estimate of drug-likeness (QED) is 0.596. The van der Waals surface area contributed by atoms with Crippen LogP contribution in [-0.2, 0) is 9.59 Å². The molecule has 7 nitrogen and oxygen atoms in total. The molecule has 184 valence electrons. The largest absolute Gasteiger partial charge is 0.339 e. The van der Waals surface area contributed by atoms with Crippen LogP contribution in [0.15, 0.2) is 84.9 Å². The highest BCUT2D eigenvalue weighted by atomic mass is 19.1. The molecule has 8 heteroatoms. The second kappa shape index (κ2) is 9.81. The van der Waals surface area contributed by atoms with Crippen LogP contribution in [0.2, 0.25) is 0 Å². The number of piperidine rings is 1. The van der Waals surface area contributed by atoms with Crippen molar-refractivity contribution in [3.8, 4) is 0 Å². The summed E-state index contributed by atoms with van der Waals surface area (Å²) >= 11 is 0. The Bertz CT molecular complexity index is 1240. The molecule has 0 atom stereocenters. The van der Waals surface area contributed by atoms with Gasteiger partial charge in [0.2, 0.25) is 5.91 Å². The Morgan fingerprint density at radius 2 is 1.47 bits per heavy atom. The van der Waals surface area contributed by atoms with Gasteiger partial charge in [0.25, 0.3) is 11.8 Å². The van der Waals surface area contributed by atoms with Gasteiger partial charge in [0, 0.05) is 30.0 Å². The van der Waals surface area contributed by atoms with Crippen LogP contribution < -0.4 is 10.2 Å². The Morgan fingerprint density at radius 3 is 2.11 bits per heavy atom. The molecule has 0 aliphatic carbocycles. The van der Waals surface area contributed by atoms with Gasteiger partial charge in [-0.05, 0) is 61.4 Å². The minimum absolute atomic E-state index is 0.0438. The SMILES string of the molecule is O=C(CN1CN(c2ccccc2)C2(CCN(C(=O)c3ccccc3)CC2)C1=O)Nc1ccc(F)cc1. The van der Waals surface area contributed by atoms with E-state index in [-0.39, 0.29) is 36.8 Å². The fourth-order valence-electron chi connectivity index (χ4n) is 5.07. The van der Waals surface area contributed by atoms with Crippen molar-refractivity contribution < 1.29 is 18.8 Å². The summed E-state index contributed by atoms with van der Waals surface area (Å²) in [5, 5.41) is 2.73. The van der Waals surface area contributed by atoms with Crippen molar-refractivity contribution in [3.05, 3.63) is 96.3 Å². The van der Waals surface area contributed by atoms with Gasteiger partial charge in [-0.2, -0.15) is 0 Å². The summed E-state index contributed by atoms with van der Waals surface area (Å²) in [7, 11) is 0. The van der Waals surface area contributed by atoms with Crippen molar-refractivity contribution in [2.75, 3.05) is 36.5 Å². The number of anilines is 2. The molecular formula is C28H27FN4O3. The zero-order valence-electron chi connectivity index (χ0n) is 19.8. The molecule has 5 rings (SSSR count). The standard InChI is InChI=1S/C28H27FN4O3/c29-22-11-13-23(14-12-22)30-25(34)19-32-20-33(24-9-5-2-6-10-24)28(27(32)36)15-17-31(18-16-28)26(35)21-7-3-1-4-8-21/h1-14H,15-20H2,(H,30,34). The van der Waals surface area contributed by atoms with E-state index in [4.69, 9.17) is 0 Å². The number of hydrogen-bond donors (Lipinski definition) is 1. The van der Waals surface area contributed by atoms with E-state index in [0.29, 0.717) is 37.2 Å². The van der Waals surface area contributed by atoms with Gasteiger partial charge in [-0.25, -0.2) is 4.39 Å². The van der Waals surface area contributed by atoms with Crippen molar-refractivity contribution in [1.82, 2.24) is 9.80 Å². The Morgan fingerprint density at radius 1 is 0.861 bits per heavy atom. The molecule has 2 aliphatic heterocycles. The molecule has 0 bridgehead atoms. The average molecular weight is 487 g/mol. The monoisotopic (exact) mass is 486 g/mol. The van der Waals surface area contributed by atoms with Gasteiger partial charge < -0.3 is 20.0 Å². The van der Waals surface area contributed by atoms with Crippen LogP contribution in [-0.4, -0.2) is 59.4 Å². The lowest BCUT2D eigenvalue weighted by atomic mass is 9.85. The molecule has 3 aromatic carbocycles. The Labute approximate surface area is 209 Å². The van der Waals surface area contributed by atoms with Gasteiger partial charge in [0.15, 0.2) is 0 Å². The molecular weight excluding hydrogens is 459 g/mol. The zero-order chi connectivity index (χ0) is 25.1. The van der Waals surface area contributed by atoms with Gasteiger partial charge in [0.1, 0.15) is 17.9 Å². The molecule has 1 spiro atoms. The van der Waals surface area contributed by atoms with E-state index in [1.165, 1.54) is 24.3 Å². The number of carbonyl (C=O) groups is 3. The molecule has 1 N–H and O–H groups in total. The summed E-state index contributed by atoms with van der Waals surface area (Å²) in [4.78, 5) is 44.9. The first-order valence-electron chi connectivity index (χ1n) is 12.0. The Hall–Kier alpha value is -4.20. The fraction of sp³-hybridized carbons (Fsp3) is 0.250. The molecule has 0 saturated carbocycles. The van der Waals surface area contributed by atoms with Crippen LogP contribution in [0.3, 0.4) is 0 Å². The van der Waals surface area contributed by atoms with Crippen LogP contribution in [0.1, 0.15) is 23.2 Å². The number of para-hydroxylation sites is 1. The molecule has 2 aliphatic rings. The lowest BCUT2D eigenvalue weighted by Crippen LogP contribution is -2.57.